The predicted octanol–water partition coefficient (Wildman–Crippen LogP) is 7.97. The topological polar surface area (TPSA) is 66.4 Å². The van der Waals surface area contributed by atoms with Crippen LogP contribution in [0.2, 0.25) is 0 Å². The second-order valence-electron chi connectivity index (χ2n) is 13.5. The largest absolute Gasteiger partial charge is 0.507 e. The van der Waals surface area contributed by atoms with E-state index in [2.05, 4.69) is 71.0 Å². The van der Waals surface area contributed by atoms with Gasteiger partial charge in [0.2, 0.25) is 5.79 Å². The zero-order valence-corrected chi connectivity index (χ0v) is 24.2. The van der Waals surface area contributed by atoms with Crippen molar-refractivity contribution in [1.82, 2.24) is 0 Å². The number of rotatable bonds is 2. The molecule has 0 saturated carbocycles. The molecule has 0 radical (unpaired) electrons. The van der Waals surface area contributed by atoms with Crippen molar-refractivity contribution in [2.45, 2.75) is 72.2 Å². The quantitative estimate of drug-likeness (QED) is 0.260. The Hall–Kier alpha value is -3.16. The fraction of sp³-hybridized carbons (Fsp3) is 0.412. The van der Waals surface area contributed by atoms with Crippen LogP contribution in [-0.4, -0.2) is 23.1 Å². The Morgan fingerprint density at radius 1 is 0.775 bits per heavy atom. The summed E-state index contributed by atoms with van der Waals surface area (Å²) < 4.78 is 19.0. The zero-order valence-electron chi connectivity index (χ0n) is 24.2. The van der Waals surface area contributed by atoms with Crippen molar-refractivity contribution in [2.24, 2.45) is 10.8 Å². The van der Waals surface area contributed by atoms with Crippen molar-refractivity contribution in [2.75, 3.05) is 6.61 Å². The minimum Gasteiger partial charge on any atom is -0.507 e. The summed E-state index contributed by atoms with van der Waals surface area (Å²) in [6, 6.07) is 20.2. The Labute approximate surface area is 234 Å². The lowest BCUT2D eigenvalue weighted by Gasteiger charge is -2.61. The normalized spacial score (nSPS) is 26.7. The number of hydrogen-bond donors (Lipinski definition) is 1. The molecule has 3 heterocycles. The highest BCUT2D eigenvalue weighted by Gasteiger charge is 2.81. The van der Waals surface area contributed by atoms with Crippen LogP contribution in [0.3, 0.4) is 0 Å². The summed E-state index contributed by atoms with van der Waals surface area (Å²) in [4.78, 5) is 12.1. The fourth-order valence-electron chi connectivity index (χ4n) is 7.40. The molecule has 0 aliphatic carbocycles. The van der Waals surface area contributed by atoms with E-state index in [1.165, 1.54) is 0 Å². The van der Waals surface area contributed by atoms with Crippen molar-refractivity contribution < 1.29 is 29.1 Å². The van der Waals surface area contributed by atoms with Crippen LogP contribution in [0, 0.1) is 10.8 Å². The SMILES string of the molecule is CC1(C)OCc2cc3ccccc3c(-c3c(O)ccc4ccc(C56OCC(C)(C)C5(C(C)(C)C)OO6)cc34)c2O1. The molecule has 2 atom stereocenters. The molecule has 40 heavy (non-hydrogen) atoms. The van der Waals surface area contributed by atoms with Gasteiger partial charge in [0.05, 0.1) is 13.2 Å². The number of fused-ring (bicyclic) bond motifs is 4. The predicted molar refractivity (Wildman–Crippen MR) is 154 cm³/mol. The lowest BCUT2D eigenvalue weighted by molar-refractivity contribution is -0.626. The summed E-state index contributed by atoms with van der Waals surface area (Å²) in [7, 11) is 0. The van der Waals surface area contributed by atoms with Crippen LogP contribution in [0.1, 0.15) is 59.6 Å². The molecule has 7 rings (SSSR count). The first-order valence-electron chi connectivity index (χ1n) is 14.0. The van der Waals surface area contributed by atoms with Gasteiger partial charge in [0.25, 0.3) is 5.79 Å². The molecular formula is C34H36O6. The molecule has 208 valence electrons. The summed E-state index contributed by atoms with van der Waals surface area (Å²) in [6.07, 6.45) is 0. The van der Waals surface area contributed by atoms with Gasteiger partial charge in [-0.1, -0.05) is 77.1 Å². The van der Waals surface area contributed by atoms with Crippen LogP contribution in [0.15, 0.2) is 60.7 Å². The molecule has 6 heteroatoms. The molecule has 6 nitrogen and oxygen atoms in total. The maximum Gasteiger partial charge on any atom is 0.261 e. The zero-order chi connectivity index (χ0) is 28.3. The second kappa shape index (κ2) is 7.98. The summed E-state index contributed by atoms with van der Waals surface area (Å²) in [6.45, 7) is 15.6. The molecule has 2 saturated heterocycles. The lowest BCUT2D eigenvalue weighted by atomic mass is 9.57. The minimum atomic E-state index is -1.07. The Morgan fingerprint density at radius 2 is 1.52 bits per heavy atom. The maximum atomic E-state index is 11.5. The third-order valence-electron chi connectivity index (χ3n) is 9.02. The number of benzene rings is 4. The molecule has 0 spiro atoms. The van der Waals surface area contributed by atoms with Gasteiger partial charge in [-0.2, -0.15) is 4.89 Å². The van der Waals surface area contributed by atoms with E-state index in [1.54, 1.807) is 6.07 Å². The van der Waals surface area contributed by atoms with Gasteiger partial charge in [-0.05, 0) is 39.7 Å². The average molecular weight is 541 g/mol. The Kier molecular flexibility index (Phi) is 5.14. The lowest BCUT2D eigenvalue weighted by Crippen LogP contribution is -2.73. The van der Waals surface area contributed by atoms with E-state index in [4.69, 9.17) is 24.0 Å². The van der Waals surface area contributed by atoms with Gasteiger partial charge in [0, 0.05) is 46.9 Å². The monoisotopic (exact) mass is 540 g/mol. The molecular weight excluding hydrogens is 504 g/mol. The number of hydrogen-bond acceptors (Lipinski definition) is 6. The number of aromatic hydroxyl groups is 1. The first kappa shape index (κ1) is 25.8. The van der Waals surface area contributed by atoms with Crippen LogP contribution in [0.25, 0.3) is 32.7 Å². The summed E-state index contributed by atoms with van der Waals surface area (Å²) >= 11 is 0. The molecule has 0 bridgehead atoms. The molecule has 2 fully saturated rings. The Bertz CT molecular complexity index is 1700. The Balaban J connectivity index is 1.53. The van der Waals surface area contributed by atoms with Crippen LogP contribution < -0.4 is 4.74 Å². The highest BCUT2D eigenvalue weighted by molar-refractivity contribution is 6.10. The van der Waals surface area contributed by atoms with Gasteiger partial charge in [-0.3, -0.25) is 0 Å². The van der Waals surface area contributed by atoms with Gasteiger partial charge in [-0.15, -0.1) is 0 Å². The maximum absolute atomic E-state index is 11.5. The number of phenolic OH excluding ortho intramolecular Hbond substituents is 1. The van der Waals surface area contributed by atoms with E-state index in [0.29, 0.717) is 18.8 Å². The molecule has 4 aromatic rings. The van der Waals surface area contributed by atoms with Crippen LogP contribution in [0.5, 0.6) is 11.5 Å². The van der Waals surface area contributed by atoms with E-state index in [1.807, 2.05) is 32.0 Å². The molecule has 0 aromatic heterocycles. The van der Waals surface area contributed by atoms with E-state index in [9.17, 15) is 5.11 Å². The van der Waals surface area contributed by atoms with Gasteiger partial charge >= 0.3 is 0 Å². The van der Waals surface area contributed by atoms with Crippen molar-refractivity contribution in [3.8, 4) is 22.6 Å². The first-order chi connectivity index (χ1) is 18.8. The van der Waals surface area contributed by atoms with Gasteiger partial charge in [0.15, 0.2) is 5.60 Å². The van der Waals surface area contributed by atoms with E-state index in [0.717, 1.165) is 44.0 Å². The highest BCUT2D eigenvalue weighted by Crippen LogP contribution is 2.69. The van der Waals surface area contributed by atoms with E-state index >= 15 is 0 Å². The Morgan fingerprint density at radius 3 is 2.25 bits per heavy atom. The van der Waals surface area contributed by atoms with Crippen molar-refractivity contribution in [1.29, 1.82) is 0 Å². The minimum absolute atomic E-state index is 0.175. The number of ether oxygens (including phenoxy) is 3. The average Bonchev–Trinajstić information content (AvgIpc) is 3.03. The molecule has 4 aromatic carbocycles. The van der Waals surface area contributed by atoms with Crippen LogP contribution in [-0.2, 0) is 31.6 Å². The third kappa shape index (κ3) is 3.19. The van der Waals surface area contributed by atoms with Gasteiger partial charge < -0.3 is 19.3 Å². The standard InChI is InChI=1S/C34H36O6/c1-30(2,3)34-31(4,5)19-37-33(34,39-40-34)23-14-12-20-13-15-26(35)27(25(20)17-23)28-24-11-9-8-10-21(24)16-22-18-36-32(6,7)38-29(22)28/h8-17,35H,18-19H2,1-7H3. The van der Waals surface area contributed by atoms with E-state index in [-0.39, 0.29) is 16.6 Å². The van der Waals surface area contributed by atoms with Crippen molar-refractivity contribution >= 4 is 21.5 Å². The van der Waals surface area contributed by atoms with Crippen molar-refractivity contribution in [3.05, 3.63) is 71.8 Å². The van der Waals surface area contributed by atoms with E-state index < -0.39 is 17.2 Å². The van der Waals surface area contributed by atoms with Crippen molar-refractivity contribution in [3.63, 3.8) is 0 Å². The molecule has 3 aliphatic rings. The van der Waals surface area contributed by atoms with Crippen LogP contribution >= 0.6 is 0 Å². The number of phenols is 1. The summed E-state index contributed by atoms with van der Waals surface area (Å²) in [5.74, 6) is -0.974. The molecule has 2 unspecified atom stereocenters. The fourth-order valence-corrected chi connectivity index (χ4v) is 7.40. The highest BCUT2D eigenvalue weighted by atomic mass is 17.3. The second-order valence-corrected chi connectivity index (χ2v) is 13.5. The smallest absolute Gasteiger partial charge is 0.261 e. The molecule has 1 N–H and O–H groups in total. The van der Waals surface area contributed by atoms with Gasteiger partial charge in [0.1, 0.15) is 11.5 Å². The third-order valence-corrected chi connectivity index (χ3v) is 9.02. The van der Waals surface area contributed by atoms with Crippen LogP contribution in [0.4, 0.5) is 0 Å². The van der Waals surface area contributed by atoms with Gasteiger partial charge in [-0.25, -0.2) is 4.89 Å². The summed E-state index contributed by atoms with van der Waals surface area (Å²) in [5, 5.41) is 15.4. The summed E-state index contributed by atoms with van der Waals surface area (Å²) in [5.41, 5.74) is 2.08. The molecule has 3 aliphatic heterocycles. The molecule has 0 amide bonds. The first-order valence-corrected chi connectivity index (χ1v) is 14.0.